The standard InChI is InChI=1S/C17H16O4/c1-11-8-9-14-13(10-11)17(2,12-6-4-3-5-7-12)21-16(20-14)15(18)19/h3-10,16H,1-2H3,(H,18,19). The van der Waals surface area contributed by atoms with E-state index >= 15 is 0 Å². The average molecular weight is 284 g/mol. The van der Waals surface area contributed by atoms with Crippen LogP contribution in [-0.2, 0) is 15.1 Å². The topological polar surface area (TPSA) is 55.8 Å². The van der Waals surface area contributed by atoms with Crippen LogP contribution < -0.4 is 4.74 Å². The van der Waals surface area contributed by atoms with Gasteiger partial charge in [-0.25, -0.2) is 4.79 Å². The number of fused-ring (bicyclic) bond motifs is 1. The Morgan fingerprint density at radius 3 is 2.57 bits per heavy atom. The zero-order valence-corrected chi connectivity index (χ0v) is 11.9. The van der Waals surface area contributed by atoms with Crippen molar-refractivity contribution < 1.29 is 19.4 Å². The molecule has 0 amide bonds. The summed E-state index contributed by atoms with van der Waals surface area (Å²) in [6, 6.07) is 15.2. The first-order valence-electron chi connectivity index (χ1n) is 6.74. The van der Waals surface area contributed by atoms with Crippen LogP contribution in [-0.4, -0.2) is 17.4 Å². The van der Waals surface area contributed by atoms with Crippen molar-refractivity contribution in [3.8, 4) is 5.75 Å². The van der Waals surface area contributed by atoms with Crippen LogP contribution in [0.5, 0.6) is 5.75 Å². The van der Waals surface area contributed by atoms with Gasteiger partial charge in [-0.1, -0.05) is 42.0 Å². The summed E-state index contributed by atoms with van der Waals surface area (Å²) in [7, 11) is 0. The molecule has 1 aliphatic rings. The molecule has 4 nitrogen and oxygen atoms in total. The van der Waals surface area contributed by atoms with Gasteiger partial charge in [0.25, 0.3) is 6.29 Å². The molecule has 2 unspecified atom stereocenters. The van der Waals surface area contributed by atoms with Gasteiger partial charge in [0.2, 0.25) is 0 Å². The van der Waals surface area contributed by atoms with E-state index in [1.54, 1.807) is 6.07 Å². The van der Waals surface area contributed by atoms with Gasteiger partial charge in [-0.15, -0.1) is 0 Å². The molecule has 108 valence electrons. The summed E-state index contributed by atoms with van der Waals surface area (Å²) in [6.07, 6.45) is -1.31. The van der Waals surface area contributed by atoms with Crippen LogP contribution >= 0.6 is 0 Å². The number of ether oxygens (including phenoxy) is 2. The third kappa shape index (κ3) is 2.28. The van der Waals surface area contributed by atoms with Crippen LogP contribution in [0.4, 0.5) is 0 Å². The highest BCUT2D eigenvalue weighted by Gasteiger charge is 2.43. The Morgan fingerprint density at radius 1 is 1.19 bits per heavy atom. The second kappa shape index (κ2) is 4.90. The normalized spacial score (nSPS) is 24.0. The summed E-state index contributed by atoms with van der Waals surface area (Å²) in [6.45, 7) is 3.86. The second-order valence-electron chi connectivity index (χ2n) is 5.30. The number of carboxylic acid groups (broad SMARTS) is 1. The molecule has 2 atom stereocenters. The second-order valence-corrected chi connectivity index (χ2v) is 5.30. The van der Waals surface area contributed by atoms with Crippen LogP contribution in [0.25, 0.3) is 0 Å². The smallest absolute Gasteiger partial charge is 0.373 e. The van der Waals surface area contributed by atoms with Gasteiger partial charge >= 0.3 is 5.97 Å². The minimum atomic E-state index is -1.31. The lowest BCUT2D eigenvalue weighted by Gasteiger charge is -2.39. The number of hydrogen-bond donors (Lipinski definition) is 1. The maximum Gasteiger partial charge on any atom is 0.373 e. The van der Waals surface area contributed by atoms with Crippen molar-refractivity contribution in [3.05, 3.63) is 65.2 Å². The largest absolute Gasteiger partial charge is 0.477 e. The van der Waals surface area contributed by atoms with E-state index in [1.807, 2.05) is 56.3 Å². The van der Waals surface area contributed by atoms with Crippen LogP contribution in [0.1, 0.15) is 23.6 Å². The first-order chi connectivity index (χ1) is 10.0. The Labute approximate surface area is 122 Å². The van der Waals surface area contributed by atoms with E-state index in [0.29, 0.717) is 5.75 Å². The van der Waals surface area contributed by atoms with Gasteiger partial charge in [-0.05, 0) is 31.5 Å². The van der Waals surface area contributed by atoms with E-state index in [-0.39, 0.29) is 0 Å². The predicted molar refractivity (Wildman–Crippen MR) is 77.2 cm³/mol. The molecule has 4 heteroatoms. The number of carboxylic acids is 1. The minimum absolute atomic E-state index is 0.547. The Morgan fingerprint density at radius 2 is 1.90 bits per heavy atom. The SMILES string of the molecule is Cc1ccc2c(c1)C(C)(c1ccccc1)OC(C(=O)O)O2. The van der Waals surface area contributed by atoms with Crippen molar-refractivity contribution in [2.24, 2.45) is 0 Å². The summed E-state index contributed by atoms with van der Waals surface area (Å²) in [4.78, 5) is 11.3. The van der Waals surface area contributed by atoms with E-state index in [4.69, 9.17) is 9.47 Å². The molecule has 1 N–H and O–H groups in total. The molecule has 21 heavy (non-hydrogen) atoms. The van der Waals surface area contributed by atoms with Crippen molar-refractivity contribution in [1.29, 1.82) is 0 Å². The number of hydrogen-bond acceptors (Lipinski definition) is 3. The number of rotatable bonds is 2. The number of aliphatic carboxylic acids is 1. The monoisotopic (exact) mass is 284 g/mol. The summed E-state index contributed by atoms with van der Waals surface area (Å²) in [5, 5.41) is 9.25. The Balaban J connectivity index is 2.19. The minimum Gasteiger partial charge on any atom is -0.477 e. The van der Waals surface area contributed by atoms with Crippen molar-refractivity contribution >= 4 is 5.97 Å². The number of benzene rings is 2. The number of carbonyl (C=O) groups is 1. The van der Waals surface area contributed by atoms with Gasteiger partial charge in [0.15, 0.2) is 0 Å². The molecule has 2 aromatic rings. The number of aryl methyl sites for hydroxylation is 1. The maximum absolute atomic E-state index is 11.3. The van der Waals surface area contributed by atoms with E-state index in [2.05, 4.69) is 0 Å². The highest BCUT2D eigenvalue weighted by molar-refractivity contribution is 5.72. The zero-order valence-electron chi connectivity index (χ0n) is 11.9. The van der Waals surface area contributed by atoms with Gasteiger partial charge in [0, 0.05) is 5.56 Å². The highest BCUT2D eigenvalue weighted by Crippen LogP contribution is 2.43. The summed E-state index contributed by atoms with van der Waals surface area (Å²) >= 11 is 0. The molecule has 0 saturated carbocycles. The molecule has 0 fully saturated rings. The lowest BCUT2D eigenvalue weighted by atomic mass is 9.85. The van der Waals surface area contributed by atoms with E-state index in [9.17, 15) is 9.90 Å². The van der Waals surface area contributed by atoms with Crippen LogP contribution in [0.2, 0.25) is 0 Å². The van der Waals surface area contributed by atoms with Gasteiger partial charge in [-0.2, -0.15) is 0 Å². The maximum atomic E-state index is 11.3. The van der Waals surface area contributed by atoms with Crippen molar-refractivity contribution in [2.75, 3.05) is 0 Å². The summed E-state index contributed by atoms with van der Waals surface area (Å²) in [5.41, 5.74) is 1.94. The molecule has 1 heterocycles. The van der Waals surface area contributed by atoms with E-state index < -0.39 is 17.9 Å². The molecule has 1 aliphatic heterocycles. The fourth-order valence-electron chi connectivity index (χ4n) is 2.62. The third-order valence-corrected chi connectivity index (χ3v) is 3.75. The first kappa shape index (κ1) is 13.6. The highest BCUT2D eigenvalue weighted by atomic mass is 16.7. The average Bonchev–Trinajstić information content (AvgIpc) is 2.48. The molecule has 0 aromatic heterocycles. The zero-order chi connectivity index (χ0) is 15.0. The van der Waals surface area contributed by atoms with Gasteiger partial charge in [0.05, 0.1) is 0 Å². The lowest BCUT2D eigenvalue weighted by molar-refractivity contribution is -0.201. The van der Waals surface area contributed by atoms with Crippen molar-refractivity contribution in [2.45, 2.75) is 25.7 Å². The fourth-order valence-corrected chi connectivity index (χ4v) is 2.62. The van der Waals surface area contributed by atoms with Crippen molar-refractivity contribution in [3.63, 3.8) is 0 Å². The molecule has 0 bridgehead atoms. The van der Waals surface area contributed by atoms with Crippen LogP contribution in [0, 0.1) is 6.92 Å². The molecule has 3 rings (SSSR count). The Bertz CT molecular complexity index is 680. The van der Waals surface area contributed by atoms with E-state index in [1.165, 1.54) is 0 Å². The van der Waals surface area contributed by atoms with Gasteiger partial charge < -0.3 is 14.6 Å². The molecule has 0 aliphatic carbocycles. The molecular weight excluding hydrogens is 268 g/mol. The Kier molecular flexibility index (Phi) is 3.18. The molecule has 0 saturated heterocycles. The molecular formula is C17H16O4. The molecule has 0 radical (unpaired) electrons. The summed E-state index contributed by atoms with van der Waals surface area (Å²) < 4.78 is 11.2. The van der Waals surface area contributed by atoms with Gasteiger partial charge in [-0.3, -0.25) is 0 Å². The quantitative estimate of drug-likeness (QED) is 0.920. The first-order valence-corrected chi connectivity index (χ1v) is 6.74. The predicted octanol–water partition coefficient (Wildman–Crippen LogP) is 3.08. The third-order valence-electron chi connectivity index (χ3n) is 3.75. The molecule has 0 spiro atoms. The van der Waals surface area contributed by atoms with E-state index in [0.717, 1.165) is 16.7 Å². The Hall–Kier alpha value is -2.33. The van der Waals surface area contributed by atoms with Crippen LogP contribution in [0.15, 0.2) is 48.5 Å². The van der Waals surface area contributed by atoms with Gasteiger partial charge in [0.1, 0.15) is 11.4 Å². The lowest BCUT2D eigenvalue weighted by Crippen LogP contribution is -2.44. The van der Waals surface area contributed by atoms with Crippen molar-refractivity contribution in [1.82, 2.24) is 0 Å². The van der Waals surface area contributed by atoms with Crippen LogP contribution in [0.3, 0.4) is 0 Å². The molecule has 2 aromatic carbocycles. The fraction of sp³-hybridized carbons (Fsp3) is 0.235. The summed E-state index contributed by atoms with van der Waals surface area (Å²) in [5.74, 6) is -0.589.